The second kappa shape index (κ2) is 9.78. The maximum atomic E-state index is 12.9. The van der Waals surface area contributed by atoms with Crippen LogP contribution in [0.25, 0.3) is 0 Å². The summed E-state index contributed by atoms with van der Waals surface area (Å²) in [4.78, 5) is 35.6. The minimum Gasteiger partial charge on any atom is -0.458 e. The zero-order valence-electron chi connectivity index (χ0n) is 15.6. The summed E-state index contributed by atoms with van der Waals surface area (Å²) in [6.07, 6.45) is 1.27. The summed E-state index contributed by atoms with van der Waals surface area (Å²) in [5, 5.41) is 8.68. The lowest BCUT2D eigenvalue weighted by molar-refractivity contribution is -0.136. The Morgan fingerprint density at radius 1 is 0.933 bits per heavy atom. The van der Waals surface area contributed by atoms with Crippen LogP contribution in [0.15, 0.2) is 76.2 Å². The van der Waals surface area contributed by atoms with Gasteiger partial charge in [-0.3, -0.25) is 14.4 Å². The topological polar surface area (TPSA) is 113 Å². The molecule has 8 nitrogen and oxygen atoms in total. The number of benzene rings is 2. The van der Waals surface area contributed by atoms with E-state index < -0.39 is 23.5 Å². The maximum Gasteiger partial charge on any atom is 0.313 e. The van der Waals surface area contributed by atoms with Crippen molar-refractivity contribution in [1.82, 2.24) is 10.7 Å². The lowest BCUT2D eigenvalue weighted by Crippen LogP contribution is -2.34. The molecule has 2 aromatic carbocycles. The van der Waals surface area contributed by atoms with Crippen molar-refractivity contribution in [2.75, 3.05) is 5.32 Å². The van der Waals surface area contributed by atoms with Crippen LogP contribution in [-0.4, -0.2) is 23.9 Å². The standard InChI is InChI=1S/C21H17FN4O4/c22-15-8-6-14(7-9-15)19(27)26-24-13-18-11-10-17(30-18)12-23-20(28)21(29)25-16-4-2-1-3-5-16/h1-11,13H,12H2,(H,23,28)(H,25,29)(H,26,27)/b24-13-. The fourth-order valence-electron chi connectivity index (χ4n) is 2.34. The Labute approximate surface area is 170 Å². The third kappa shape index (κ3) is 5.86. The summed E-state index contributed by atoms with van der Waals surface area (Å²) in [6, 6.07) is 16.8. The van der Waals surface area contributed by atoms with Gasteiger partial charge in [0.2, 0.25) is 0 Å². The zero-order chi connectivity index (χ0) is 21.3. The van der Waals surface area contributed by atoms with E-state index in [0.717, 1.165) is 0 Å². The van der Waals surface area contributed by atoms with Crippen molar-refractivity contribution >= 4 is 29.6 Å². The van der Waals surface area contributed by atoms with E-state index >= 15 is 0 Å². The molecule has 0 unspecified atom stereocenters. The molecule has 1 aromatic heterocycles. The first-order chi connectivity index (χ1) is 14.5. The Morgan fingerprint density at radius 3 is 2.40 bits per heavy atom. The fraction of sp³-hybridized carbons (Fsp3) is 0.0476. The summed E-state index contributed by atoms with van der Waals surface area (Å²) in [6.45, 7) is -0.00315. The molecule has 9 heteroatoms. The number of anilines is 1. The lowest BCUT2D eigenvalue weighted by Gasteiger charge is -2.05. The van der Waals surface area contributed by atoms with Gasteiger partial charge in [-0.15, -0.1) is 0 Å². The normalized spacial score (nSPS) is 10.6. The number of halogens is 1. The van der Waals surface area contributed by atoms with Gasteiger partial charge >= 0.3 is 11.8 Å². The highest BCUT2D eigenvalue weighted by Crippen LogP contribution is 2.07. The molecular formula is C21H17FN4O4. The second-order valence-electron chi connectivity index (χ2n) is 6.01. The van der Waals surface area contributed by atoms with E-state index in [0.29, 0.717) is 17.2 Å². The molecule has 0 aliphatic carbocycles. The molecule has 0 atom stereocenters. The number of hydrogen-bond donors (Lipinski definition) is 3. The third-order valence-electron chi connectivity index (χ3n) is 3.81. The molecule has 3 rings (SSSR count). The number of amides is 3. The monoisotopic (exact) mass is 408 g/mol. The second-order valence-corrected chi connectivity index (χ2v) is 6.01. The van der Waals surface area contributed by atoms with Crippen LogP contribution in [0.1, 0.15) is 21.9 Å². The Balaban J connectivity index is 1.45. The van der Waals surface area contributed by atoms with Crippen molar-refractivity contribution in [3.63, 3.8) is 0 Å². The third-order valence-corrected chi connectivity index (χ3v) is 3.81. The molecule has 152 valence electrons. The first kappa shape index (κ1) is 20.5. The van der Waals surface area contributed by atoms with Gasteiger partial charge in [0, 0.05) is 11.3 Å². The molecule has 3 aromatic rings. The van der Waals surface area contributed by atoms with Gasteiger partial charge in [-0.2, -0.15) is 5.10 Å². The molecule has 0 aliphatic heterocycles. The summed E-state index contributed by atoms with van der Waals surface area (Å²) in [5.41, 5.74) is 3.06. The van der Waals surface area contributed by atoms with E-state index in [9.17, 15) is 18.8 Å². The Bertz CT molecular complexity index is 1060. The summed E-state index contributed by atoms with van der Waals surface area (Å²) in [7, 11) is 0. The van der Waals surface area contributed by atoms with E-state index in [1.54, 1.807) is 42.5 Å². The number of nitrogens with zero attached hydrogens (tertiary/aromatic N) is 1. The molecule has 0 radical (unpaired) electrons. The van der Waals surface area contributed by atoms with Gasteiger partial charge in [-0.1, -0.05) is 18.2 Å². The molecule has 30 heavy (non-hydrogen) atoms. The number of carbonyl (C=O) groups excluding carboxylic acids is 3. The molecule has 0 saturated carbocycles. The summed E-state index contributed by atoms with van der Waals surface area (Å²) >= 11 is 0. The van der Waals surface area contributed by atoms with Crippen LogP contribution < -0.4 is 16.1 Å². The molecule has 0 saturated heterocycles. The first-order valence-electron chi connectivity index (χ1n) is 8.83. The Kier molecular flexibility index (Phi) is 6.67. The SMILES string of the molecule is O=C(NCc1ccc(/C=N\NC(=O)c2ccc(F)cc2)o1)C(=O)Nc1ccccc1. The highest BCUT2D eigenvalue weighted by atomic mass is 19.1. The number of rotatable bonds is 6. The van der Waals surface area contributed by atoms with Crippen molar-refractivity contribution in [3.05, 3.63) is 89.6 Å². The molecule has 0 spiro atoms. The number of hydrazone groups is 1. The van der Waals surface area contributed by atoms with Crippen molar-refractivity contribution in [1.29, 1.82) is 0 Å². The average molecular weight is 408 g/mol. The van der Waals surface area contributed by atoms with Gasteiger partial charge in [0.1, 0.15) is 17.3 Å². The molecule has 3 N–H and O–H groups in total. The van der Waals surface area contributed by atoms with Crippen LogP contribution in [0.5, 0.6) is 0 Å². The highest BCUT2D eigenvalue weighted by molar-refractivity contribution is 6.39. The minimum atomic E-state index is -0.808. The van der Waals surface area contributed by atoms with Crippen LogP contribution in [0.2, 0.25) is 0 Å². The van der Waals surface area contributed by atoms with E-state index in [2.05, 4.69) is 21.2 Å². The minimum absolute atomic E-state index is 0.00315. The van der Waals surface area contributed by atoms with Crippen LogP contribution in [0.3, 0.4) is 0 Å². The first-order valence-corrected chi connectivity index (χ1v) is 8.83. The summed E-state index contributed by atoms with van der Waals surface area (Å²) < 4.78 is 18.3. The highest BCUT2D eigenvalue weighted by Gasteiger charge is 2.14. The number of carbonyl (C=O) groups is 3. The smallest absolute Gasteiger partial charge is 0.313 e. The summed E-state index contributed by atoms with van der Waals surface area (Å²) in [5.74, 6) is -1.83. The van der Waals surface area contributed by atoms with Crippen molar-refractivity contribution < 1.29 is 23.2 Å². The van der Waals surface area contributed by atoms with Gasteiger partial charge in [-0.25, -0.2) is 9.82 Å². The molecule has 0 bridgehead atoms. The Morgan fingerprint density at radius 2 is 1.67 bits per heavy atom. The molecule has 3 amide bonds. The van der Waals surface area contributed by atoms with Crippen molar-refractivity contribution in [3.8, 4) is 0 Å². The largest absolute Gasteiger partial charge is 0.458 e. The molecule has 1 heterocycles. The van der Waals surface area contributed by atoms with Crippen LogP contribution in [0, 0.1) is 5.82 Å². The van der Waals surface area contributed by atoms with E-state index in [1.165, 1.54) is 30.5 Å². The van der Waals surface area contributed by atoms with Gasteiger partial charge < -0.3 is 15.1 Å². The van der Waals surface area contributed by atoms with Crippen LogP contribution >= 0.6 is 0 Å². The van der Waals surface area contributed by atoms with Gasteiger partial charge in [0.15, 0.2) is 0 Å². The lowest BCUT2D eigenvalue weighted by atomic mass is 10.2. The van der Waals surface area contributed by atoms with Crippen LogP contribution in [-0.2, 0) is 16.1 Å². The average Bonchev–Trinajstić information content (AvgIpc) is 3.21. The predicted molar refractivity (Wildman–Crippen MR) is 107 cm³/mol. The Hall–Kier alpha value is -4.27. The van der Waals surface area contributed by atoms with Crippen LogP contribution in [0.4, 0.5) is 10.1 Å². The number of para-hydroxylation sites is 1. The van der Waals surface area contributed by atoms with Crippen molar-refractivity contribution in [2.24, 2.45) is 5.10 Å². The quantitative estimate of drug-likeness (QED) is 0.330. The number of nitrogens with one attached hydrogen (secondary N) is 3. The van der Waals surface area contributed by atoms with Gasteiger partial charge in [0.25, 0.3) is 5.91 Å². The zero-order valence-corrected chi connectivity index (χ0v) is 15.6. The van der Waals surface area contributed by atoms with E-state index in [-0.39, 0.29) is 12.1 Å². The molecule has 0 aliphatic rings. The molecular weight excluding hydrogens is 391 g/mol. The van der Waals surface area contributed by atoms with Gasteiger partial charge in [0.05, 0.1) is 12.8 Å². The maximum absolute atomic E-state index is 12.9. The van der Waals surface area contributed by atoms with Crippen molar-refractivity contribution in [2.45, 2.75) is 6.54 Å². The van der Waals surface area contributed by atoms with E-state index in [4.69, 9.17) is 4.42 Å². The molecule has 0 fully saturated rings. The van der Waals surface area contributed by atoms with E-state index in [1.807, 2.05) is 0 Å². The predicted octanol–water partition coefficient (Wildman–Crippen LogP) is 2.44. The number of furan rings is 1. The number of hydrogen-bond acceptors (Lipinski definition) is 5. The fourth-order valence-corrected chi connectivity index (χ4v) is 2.34. The van der Waals surface area contributed by atoms with Gasteiger partial charge in [-0.05, 0) is 48.5 Å².